The molecule has 0 radical (unpaired) electrons. The Bertz CT molecular complexity index is 139. The Balaban J connectivity index is 3.61. The molecule has 0 heterocycles. The summed E-state index contributed by atoms with van der Waals surface area (Å²) < 4.78 is 5.80. The van der Waals surface area contributed by atoms with Crippen molar-refractivity contribution in [2.45, 2.75) is 64.0 Å². The van der Waals surface area contributed by atoms with E-state index in [2.05, 4.69) is 20.8 Å². The zero-order valence-corrected chi connectivity index (χ0v) is 10.3. The highest BCUT2D eigenvalue weighted by Gasteiger charge is 2.20. The molecule has 0 aromatic heterocycles. The smallest absolute Gasteiger partial charge is 0.128 e. The van der Waals surface area contributed by atoms with Crippen molar-refractivity contribution in [2.75, 3.05) is 6.61 Å². The molecule has 0 aromatic rings. The van der Waals surface area contributed by atoms with Gasteiger partial charge in [0.05, 0.1) is 5.60 Å². The van der Waals surface area contributed by atoms with Crippen LogP contribution in [0.15, 0.2) is 0 Å². The predicted molar refractivity (Wildman–Crippen MR) is 60.6 cm³/mol. The number of ether oxygens (including phenoxy) is 1. The van der Waals surface area contributed by atoms with E-state index in [-0.39, 0.29) is 5.60 Å². The Morgan fingerprint density at radius 2 is 2.07 bits per heavy atom. The number of alkyl halides is 1. The zero-order chi connectivity index (χ0) is 11.0. The van der Waals surface area contributed by atoms with Gasteiger partial charge in [-0.15, -0.1) is 0 Å². The van der Waals surface area contributed by atoms with Crippen molar-refractivity contribution in [1.82, 2.24) is 0 Å². The molecule has 0 aliphatic heterocycles. The Morgan fingerprint density at radius 1 is 1.43 bits per heavy atom. The van der Waals surface area contributed by atoms with Gasteiger partial charge in [0.2, 0.25) is 0 Å². The molecule has 2 nitrogen and oxygen atoms in total. The number of rotatable bonds is 8. The van der Waals surface area contributed by atoms with Gasteiger partial charge < -0.3 is 9.84 Å². The first-order valence-electron chi connectivity index (χ1n) is 5.50. The molecule has 0 bridgehead atoms. The maximum atomic E-state index is 8.85. The Morgan fingerprint density at radius 3 is 2.50 bits per heavy atom. The lowest BCUT2D eigenvalue weighted by Crippen LogP contribution is -2.28. The fraction of sp³-hybridized carbons (Fsp3) is 1.00. The van der Waals surface area contributed by atoms with Crippen molar-refractivity contribution in [3.8, 4) is 0 Å². The second kappa shape index (κ2) is 7.49. The highest BCUT2D eigenvalue weighted by molar-refractivity contribution is 6.19. The number of aliphatic hydroxyl groups is 1. The minimum absolute atomic E-state index is 0.00597. The fourth-order valence-corrected chi connectivity index (χ4v) is 1.60. The monoisotopic (exact) mass is 222 g/mol. The van der Waals surface area contributed by atoms with Crippen molar-refractivity contribution >= 4 is 11.6 Å². The first-order valence-corrected chi connectivity index (χ1v) is 5.94. The molecule has 0 saturated heterocycles. The van der Waals surface area contributed by atoms with Crippen LogP contribution in [0.1, 0.15) is 52.9 Å². The fourth-order valence-electron chi connectivity index (χ4n) is 1.45. The van der Waals surface area contributed by atoms with Crippen LogP contribution in [0, 0.1) is 0 Å². The standard InChI is InChI=1S/C11H23ClO2/c1-4-8-11(3,5-2)14-9-6-7-10(12)13/h10,13H,4-9H2,1-3H3. The lowest BCUT2D eigenvalue weighted by Gasteiger charge is -2.28. The summed E-state index contributed by atoms with van der Waals surface area (Å²) in [6, 6.07) is 0. The summed E-state index contributed by atoms with van der Waals surface area (Å²) in [5, 5.41) is 8.85. The SMILES string of the molecule is CCCC(C)(CC)OCCCC(O)Cl. The Labute approximate surface area is 92.6 Å². The third-order valence-corrected chi connectivity index (χ3v) is 2.78. The Kier molecular flexibility index (Phi) is 7.61. The molecule has 0 saturated carbocycles. The molecule has 1 N–H and O–H groups in total. The summed E-state index contributed by atoms with van der Waals surface area (Å²) in [6.07, 6.45) is 4.69. The van der Waals surface area contributed by atoms with E-state index in [0.29, 0.717) is 13.0 Å². The molecule has 0 amide bonds. The first kappa shape index (κ1) is 14.2. The highest BCUT2D eigenvalue weighted by atomic mass is 35.5. The summed E-state index contributed by atoms with van der Waals surface area (Å²) in [4.78, 5) is 0. The van der Waals surface area contributed by atoms with Crippen LogP contribution in [-0.2, 0) is 4.74 Å². The number of hydrogen-bond donors (Lipinski definition) is 1. The molecule has 0 aliphatic carbocycles. The van der Waals surface area contributed by atoms with Gasteiger partial charge >= 0.3 is 0 Å². The van der Waals surface area contributed by atoms with E-state index >= 15 is 0 Å². The molecule has 14 heavy (non-hydrogen) atoms. The quantitative estimate of drug-likeness (QED) is 0.505. The molecule has 86 valence electrons. The van der Waals surface area contributed by atoms with Crippen LogP contribution in [-0.4, -0.2) is 22.9 Å². The number of halogens is 1. The molecule has 2 atom stereocenters. The van der Waals surface area contributed by atoms with Crippen LogP contribution < -0.4 is 0 Å². The lowest BCUT2D eigenvalue weighted by atomic mass is 9.97. The van der Waals surface area contributed by atoms with E-state index in [1.54, 1.807) is 0 Å². The van der Waals surface area contributed by atoms with E-state index in [1.165, 1.54) is 0 Å². The van der Waals surface area contributed by atoms with Crippen molar-refractivity contribution in [3.63, 3.8) is 0 Å². The van der Waals surface area contributed by atoms with Gasteiger partial charge in [0.25, 0.3) is 0 Å². The van der Waals surface area contributed by atoms with Gasteiger partial charge in [-0.2, -0.15) is 0 Å². The van der Waals surface area contributed by atoms with Gasteiger partial charge in [-0.05, 0) is 32.6 Å². The predicted octanol–water partition coefficient (Wildman–Crippen LogP) is 3.31. The molecule has 0 spiro atoms. The zero-order valence-electron chi connectivity index (χ0n) is 9.55. The van der Waals surface area contributed by atoms with Gasteiger partial charge in [-0.1, -0.05) is 31.9 Å². The molecule has 2 unspecified atom stereocenters. The summed E-state index contributed by atoms with van der Waals surface area (Å²) in [7, 11) is 0. The molecular weight excluding hydrogens is 200 g/mol. The maximum Gasteiger partial charge on any atom is 0.128 e. The molecule has 0 rings (SSSR count). The van der Waals surface area contributed by atoms with E-state index < -0.39 is 5.56 Å². The van der Waals surface area contributed by atoms with Gasteiger partial charge in [0.15, 0.2) is 0 Å². The third-order valence-electron chi connectivity index (χ3n) is 2.56. The molecule has 0 aromatic carbocycles. The van der Waals surface area contributed by atoms with E-state index in [9.17, 15) is 0 Å². The van der Waals surface area contributed by atoms with E-state index in [1.807, 2.05) is 0 Å². The second-order valence-electron chi connectivity index (χ2n) is 3.98. The summed E-state index contributed by atoms with van der Waals surface area (Å²) in [5.74, 6) is 0. The van der Waals surface area contributed by atoms with Crippen molar-refractivity contribution in [2.24, 2.45) is 0 Å². The lowest BCUT2D eigenvalue weighted by molar-refractivity contribution is -0.0435. The minimum Gasteiger partial charge on any atom is -0.378 e. The van der Waals surface area contributed by atoms with Crippen LogP contribution in [0.4, 0.5) is 0 Å². The van der Waals surface area contributed by atoms with Crippen LogP contribution >= 0.6 is 11.6 Å². The van der Waals surface area contributed by atoms with Crippen molar-refractivity contribution in [3.05, 3.63) is 0 Å². The van der Waals surface area contributed by atoms with Crippen molar-refractivity contribution < 1.29 is 9.84 Å². The summed E-state index contributed by atoms with van der Waals surface area (Å²) in [6.45, 7) is 7.15. The van der Waals surface area contributed by atoms with Crippen LogP contribution in [0.3, 0.4) is 0 Å². The normalized spacial score (nSPS) is 17.8. The molecule has 0 fully saturated rings. The topological polar surface area (TPSA) is 29.5 Å². The average molecular weight is 223 g/mol. The van der Waals surface area contributed by atoms with Crippen LogP contribution in [0.25, 0.3) is 0 Å². The summed E-state index contributed by atoms with van der Waals surface area (Å²) in [5.41, 5.74) is -0.718. The van der Waals surface area contributed by atoms with E-state index in [4.69, 9.17) is 21.4 Å². The van der Waals surface area contributed by atoms with Crippen LogP contribution in [0.2, 0.25) is 0 Å². The van der Waals surface area contributed by atoms with Crippen LogP contribution in [0.5, 0.6) is 0 Å². The minimum atomic E-state index is -0.724. The largest absolute Gasteiger partial charge is 0.378 e. The molecule has 3 heteroatoms. The summed E-state index contributed by atoms with van der Waals surface area (Å²) >= 11 is 5.42. The average Bonchev–Trinajstić information content (AvgIpc) is 2.13. The van der Waals surface area contributed by atoms with Gasteiger partial charge in [0, 0.05) is 6.61 Å². The molecular formula is C11H23ClO2. The number of hydrogen-bond acceptors (Lipinski definition) is 2. The van der Waals surface area contributed by atoms with E-state index in [0.717, 1.165) is 25.7 Å². The highest BCUT2D eigenvalue weighted by Crippen LogP contribution is 2.22. The van der Waals surface area contributed by atoms with Gasteiger partial charge in [0.1, 0.15) is 5.56 Å². The number of aliphatic hydroxyl groups excluding tert-OH is 1. The second-order valence-corrected chi connectivity index (χ2v) is 4.48. The third kappa shape index (κ3) is 6.63. The van der Waals surface area contributed by atoms with Gasteiger partial charge in [-0.3, -0.25) is 0 Å². The Hall–Kier alpha value is 0.210. The maximum absolute atomic E-state index is 8.85. The molecule has 0 aliphatic rings. The first-order chi connectivity index (χ1) is 6.54. The van der Waals surface area contributed by atoms with Gasteiger partial charge in [-0.25, -0.2) is 0 Å². The van der Waals surface area contributed by atoms with Crippen molar-refractivity contribution in [1.29, 1.82) is 0 Å².